The van der Waals surface area contributed by atoms with Gasteiger partial charge in [0.15, 0.2) is 0 Å². The first-order chi connectivity index (χ1) is 11.0. The molecule has 7 heteroatoms. The van der Waals surface area contributed by atoms with Crippen LogP contribution in [-0.2, 0) is 4.79 Å². The van der Waals surface area contributed by atoms with E-state index >= 15 is 0 Å². The summed E-state index contributed by atoms with van der Waals surface area (Å²) in [7, 11) is 0. The number of nitrogens with one attached hydrogen (secondary N) is 1. The Balaban J connectivity index is 2.22. The van der Waals surface area contributed by atoms with Crippen LogP contribution in [0.25, 0.3) is 6.08 Å². The minimum Gasteiger partial charge on any atom is -0.477 e. The monoisotopic (exact) mass is 312 g/mol. The summed E-state index contributed by atoms with van der Waals surface area (Å²) in [4.78, 5) is 33.3. The molecule has 0 saturated carbocycles. The van der Waals surface area contributed by atoms with Gasteiger partial charge in [0, 0.05) is 17.7 Å². The van der Waals surface area contributed by atoms with E-state index in [4.69, 9.17) is 0 Å². The van der Waals surface area contributed by atoms with Crippen molar-refractivity contribution < 1.29 is 19.6 Å². The van der Waals surface area contributed by atoms with Gasteiger partial charge < -0.3 is 10.4 Å². The summed E-state index contributed by atoms with van der Waals surface area (Å²) in [6, 6.07) is 13.5. The number of carboxylic acids is 1. The number of nitro benzene ring substituents is 1. The molecule has 0 fully saturated rings. The van der Waals surface area contributed by atoms with Gasteiger partial charge in [-0.3, -0.25) is 14.9 Å². The lowest BCUT2D eigenvalue weighted by atomic mass is 10.1. The molecule has 0 bridgehead atoms. The van der Waals surface area contributed by atoms with Crippen LogP contribution in [0.15, 0.2) is 60.3 Å². The highest BCUT2D eigenvalue weighted by Crippen LogP contribution is 2.14. The third kappa shape index (κ3) is 4.24. The second-order valence-electron chi connectivity index (χ2n) is 4.53. The highest BCUT2D eigenvalue weighted by atomic mass is 16.6. The molecule has 2 aromatic rings. The minimum absolute atomic E-state index is 0.104. The lowest BCUT2D eigenvalue weighted by Crippen LogP contribution is -2.27. The van der Waals surface area contributed by atoms with Crippen molar-refractivity contribution >= 4 is 23.6 Å². The quantitative estimate of drug-likeness (QED) is 0.500. The van der Waals surface area contributed by atoms with Gasteiger partial charge in [-0.25, -0.2) is 4.79 Å². The van der Waals surface area contributed by atoms with Gasteiger partial charge in [0.1, 0.15) is 5.70 Å². The van der Waals surface area contributed by atoms with E-state index in [2.05, 4.69) is 5.32 Å². The number of aliphatic carboxylic acids is 1. The largest absolute Gasteiger partial charge is 0.477 e. The van der Waals surface area contributed by atoms with Crippen LogP contribution < -0.4 is 5.32 Å². The fraction of sp³-hybridized carbons (Fsp3) is 0. The summed E-state index contributed by atoms with van der Waals surface area (Å²) in [6.45, 7) is 0. The smallest absolute Gasteiger partial charge is 0.352 e. The van der Waals surface area contributed by atoms with Crippen molar-refractivity contribution in [3.05, 3.63) is 81.5 Å². The van der Waals surface area contributed by atoms with Crippen LogP contribution in [0.1, 0.15) is 15.9 Å². The second kappa shape index (κ2) is 6.99. The topological polar surface area (TPSA) is 110 Å². The van der Waals surface area contributed by atoms with Crippen molar-refractivity contribution in [1.82, 2.24) is 5.32 Å². The van der Waals surface area contributed by atoms with E-state index in [-0.39, 0.29) is 11.4 Å². The van der Waals surface area contributed by atoms with E-state index < -0.39 is 16.8 Å². The predicted molar refractivity (Wildman–Crippen MR) is 82.6 cm³/mol. The van der Waals surface area contributed by atoms with Gasteiger partial charge in [0.2, 0.25) is 0 Å². The predicted octanol–water partition coefficient (Wildman–Crippen LogP) is 2.45. The Bertz CT molecular complexity index is 767. The van der Waals surface area contributed by atoms with Gasteiger partial charge in [-0.1, -0.05) is 18.2 Å². The molecule has 0 aromatic heterocycles. The van der Waals surface area contributed by atoms with Gasteiger partial charge in [0.05, 0.1) is 4.92 Å². The Hall–Kier alpha value is -3.48. The molecule has 2 N–H and O–H groups in total. The number of carbonyl (C=O) groups excluding carboxylic acids is 1. The van der Waals surface area contributed by atoms with Crippen molar-refractivity contribution in [1.29, 1.82) is 0 Å². The maximum atomic E-state index is 12.0. The van der Waals surface area contributed by atoms with Crippen molar-refractivity contribution in [2.24, 2.45) is 0 Å². The van der Waals surface area contributed by atoms with Gasteiger partial charge in [-0.05, 0) is 35.9 Å². The van der Waals surface area contributed by atoms with E-state index in [1.807, 2.05) is 0 Å². The molecule has 0 aliphatic carbocycles. The summed E-state index contributed by atoms with van der Waals surface area (Å²) in [5.74, 6) is -1.87. The van der Waals surface area contributed by atoms with Crippen LogP contribution in [0, 0.1) is 10.1 Å². The van der Waals surface area contributed by atoms with Crippen LogP contribution in [0.5, 0.6) is 0 Å². The Morgan fingerprint density at radius 2 is 1.65 bits per heavy atom. The van der Waals surface area contributed by atoms with E-state index in [1.165, 1.54) is 30.3 Å². The summed E-state index contributed by atoms with van der Waals surface area (Å²) < 4.78 is 0. The van der Waals surface area contributed by atoms with Crippen molar-refractivity contribution in [2.45, 2.75) is 0 Å². The molecule has 0 aliphatic heterocycles. The number of non-ortho nitro benzene ring substituents is 1. The maximum Gasteiger partial charge on any atom is 0.352 e. The Labute approximate surface area is 131 Å². The van der Waals surface area contributed by atoms with E-state index in [0.29, 0.717) is 11.1 Å². The number of hydrogen-bond donors (Lipinski definition) is 2. The molecule has 23 heavy (non-hydrogen) atoms. The molecule has 1 amide bonds. The number of benzene rings is 2. The fourth-order valence-corrected chi connectivity index (χ4v) is 1.79. The van der Waals surface area contributed by atoms with E-state index in [0.717, 1.165) is 0 Å². The van der Waals surface area contributed by atoms with Crippen molar-refractivity contribution in [3.63, 3.8) is 0 Å². The van der Waals surface area contributed by atoms with Gasteiger partial charge in [-0.15, -0.1) is 0 Å². The molecule has 0 aliphatic rings. The first-order valence-corrected chi connectivity index (χ1v) is 6.53. The Morgan fingerprint density at radius 3 is 2.17 bits per heavy atom. The molecule has 0 radical (unpaired) electrons. The number of nitrogens with zero attached hydrogens (tertiary/aromatic N) is 1. The van der Waals surface area contributed by atoms with Crippen LogP contribution in [-0.4, -0.2) is 21.9 Å². The molecular weight excluding hydrogens is 300 g/mol. The lowest BCUT2D eigenvalue weighted by Gasteiger charge is -2.06. The van der Waals surface area contributed by atoms with Crippen LogP contribution in [0.2, 0.25) is 0 Å². The third-order valence-electron chi connectivity index (χ3n) is 2.93. The molecule has 0 heterocycles. The van der Waals surface area contributed by atoms with Crippen LogP contribution in [0.4, 0.5) is 5.69 Å². The number of amides is 1. The second-order valence-corrected chi connectivity index (χ2v) is 4.53. The maximum absolute atomic E-state index is 12.0. The average molecular weight is 312 g/mol. The van der Waals surface area contributed by atoms with E-state index in [9.17, 15) is 24.8 Å². The third-order valence-corrected chi connectivity index (χ3v) is 2.93. The SMILES string of the molecule is O=C(O)/C(=C/c1ccc([N+](=O)[O-])cc1)NC(=O)c1ccccc1. The number of nitro groups is 1. The normalized spacial score (nSPS) is 10.9. The molecule has 0 atom stereocenters. The minimum atomic E-state index is -1.31. The zero-order valence-electron chi connectivity index (χ0n) is 11.8. The molecule has 0 spiro atoms. The molecule has 2 aromatic carbocycles. The Kier molecular flexibility index (Phi) is 4.83. The average Bonchev–Trinajstić information content (AvgIpc) is 2.55. The van der Waals surface area contributed by atoms with Gasteiger partial charge in [-0.2, -0.15) is 0 Å². The summed E-state index contributed by atoms with van der Waals surface area (Å²) in [5.41, 5.74) is 0.310. The van der Waals surface area contributed by atoms with E-state index in [1.54, 1.807) is 30.3 Å². The van der Waals surface area contributed by atoms with Crippen LogP contribution in [0.3, 0.4) is 0 Å². The molecule has 116 valence electrons. The highest BCUT2D eigenvalue weighted by molar-refractivity contribution is 6.02. The van der Waals surface area contributed by atoms with Gasteiger partial charge in [0.25, 0.3) is 11.6 Å². The zero-order valence-corrected chi connectivity index (χ0v) is 11.8. The molecule has 0 saturated heterocycles. The van der Waals surface area contributed by atoms with Gasteiger partial charge >= 0.3 is 5.97 Å². The standard InChI is InChI=1S/C16H12N2O5/c19-15(12-4-2-1-3-5-12)17-14(16(20)21)10-11-6-8-13(9-7-11)18(22)23/h1-10H,(H,17,19)(H,20,21)/b14-10-. The number of rotatable bonds is 5. The van der Waals surface area contributed by atoms with Crippen molar-refractivity contribution in [3.8, 4) is 0 Å². The fourth-order valence-electron chi connectivity index (χ4n) is 1.79. The summed E-state index contributed by atoms with van der Waals surface area (Å²) >= 11 is 0. The molecule has 7 nitrogen and oxygen atoms in total. The molecule has 0 unspecified atom stereocenters. The first kappa shape index (κ1) is 15.9. The molecular formula is C16H12N2O5. The number of carboxylic acid groups (broad SMARTS) is 1. The summed E-state index contributed by atoms with van der Waals surface area (Å²) in [6.07, 6.45) is 1.23. The number of hydrogen-bond acceptors (Lipinski definition) is 4. The zero-order chi connectivity index (χ0) is 16.8. The number of carbonyl (C=O) groups is 2. The summed E-state index contributed by atoms with van der Waals surface area (Å²) in [5, 5.41) is 22.1. The molecule has 2 rings (SSSR count). The lowest BCUT2D eigenvalue weighted by molar-refractivity contribution is -0.384. The van der Waals surface area contributed by atoms with Crippen molar-refractivity contribution in [2.75, 3.05) is 0 Å². The highest BCUT2D eigenvalue weighted by Gasteiger charge is 2.13. The van der Waals surface area contributed by atoms with Crippen LogP contribution >= 0.6 is 0 Å². The Morgan fingerprint density at radius 1 is 1.04 bits per heavy atom. The first-order valence-electron chi connectivity index (χ1n) is 6.53.